The Hall–Kier alpha value is -1.59. The van der Waals surface area contributed by atoms with Crippen molar-refractivity contribution >= 4 is 6.03 Å². The molecule has 1 fully saturated rings. The maximum absolute atomic E-state index is 12.0. The van der Waals surface area contributed by atoms with Gasteiger partial charge in [-0.25, -0.2) is 4.79 Å². The Morgan fingerprint density at radius 3 is 2.79 bits per heavy atom. The van der Waals surface area contributed by atoms with Crippen LogP contribution in [0.5, 0.6) is 0 Å². The lowest BCUT2D eigenvalue weighted by atomic mass is 9.95. The van der Waals surface area contributed by atoms with E-state index in [1.807, 2.05) is 11.9 Å². The van der Waals surface area contributed by atoms with Gasteiger partial charge in [0, 0.05) is 26.1 Å². The van der Waals surface area contributed by atoms with E-state index in [0.29, 0.717) is 30.7 Å². The van der Waals surface area contributed by atoms with E-state index in [2.05, 4.69) is 15.5 Å². The first-order chi connectivity index (χ1) is 9.16. The van der Waals surface area contributed by atoms with Crippen LogP contribution in [0.3, 0.4) is 0 Å². The molecule has 1 aromatic rings. The number of nitrogens with one attached hydrogen (secondary N) is 1. The van der Waals surface area contributed by atoms with Crippen LogP contribution < -0.4 is 5.32 Å². The first-order valence-electron chi connectivity index (χ1n) is 6.96. The Balaban J connectivity index is 1.71. The highest BCUT2D eigenvalue weighted by Crippen LogP contribution is 2.21. The van der Waals surface area contributed by atoms with Crippen molar-refractivity contribution in [2.75, 3.05) is 13.6 Å². The number of amides is 2. The van der Waals surface area contributed by atoms with Crippen LogP contribution in [-0.4, -0.2) is 40.7 Å². The van der Waals surface area contributed by atoms with E-state index in [1.165, 1.54) is 19.3 Å². The summed E-state index contributed by atoms with van der Waals surface area (Å²) >= 11 is 0. The van der Waals surface area contributed by atoms with Gasteiger partial charge in [0.15, 0.2) is 5.82 Å². The Morgan fingerprint density at radius 2 is 2.16 bits per heavy atom. The number of hydrogen-bond acceptors (Lipinski definition) is 4. The topological polar surface area (TPSA) is 71.3 Å². The molecule has 0 radical (unpaired) electrons. The van der Waals surface area contributed by atoms with Gasteiger partial charge in [0.1, 0.15) is 0 Å². The zero-order valence-electron chi connectivity index (χ0n) is 11.7. The minimum Gasteiger partial charge on any atom is -0.339 e. The first-order valence-corrected chi connectivity index (χ1v) is 6.96. The maximum atomic E-state index is 12.0. The average Bonchev–Trinajstić information content (AvgIpc) is 2.84. The number of aryl methyl sites for hydroxylation is 1. The van der Waals surface area contributed by atoms with Gasteiger partial charge in [-0.1, -0.05) is 24.4 Å². The predicted molar refractivity (Wildman–Crippen MR) is 70.8 cm³/mol. The van der Waals surface area contributed by atoms with Crippen molar-refractivity contribution in [1.82, 2.24) is 20.4 Å². The van der Waals surface area contributed by atoms with Gasteiger partial charge in [-0.2, -0.15) is 4.98 Å². The summed E-state index contributed by atoms with van der Waals surface area (Å²) in [5, 5.41) is 6.61. The number of urea groups is 1. The number of hydrogen-bond donors (Lipinski definition) is 1. The average molecular weight is 266 g/mol. The molecule has 1 aromatic heterocycles. The molecule has 0 atom stereocenters. The summed E-state index contributed by atoms with van der Waals surface area (Å²) in [6, 6.07) is 0.377. The van der Waals surface area contributed by atoms with Crippen LogP contribution in [-0.2, 0) is 6.42 Å². The van der Waals surface area contributed by atoms with E-state index in [9.17, 15) is 4.79 Å². The molecule has 1 N–H and O–H groups in total. The zero-order chi connectivity index (χ0) is 13.7. The molecule has 0 bridgehead atoms. The summed E-state index contributed by atoms with van der Waals surface area (Å²) in [6.45, 7) is 2.31. The summed E-state index contributed by atoms with van der Waals surface area (Å²) in [4.78, 5) is 17.9. The Kier molecular flexibility index (Phi) is 4.76. The number of carbonyl (C=O) groups is 1. The molecule has 2 rings (SSSR count). The summed E-state index contributed by atoms with van der Waals surface area (Å²) in [6.07, 6.45) is 6.56. The van der Waals surface area contributed by atoms with Crippen LogP contribution in [0.15, 0.2) is 4.52 Å². The fraction of sp³-hybridized carbons (Fsp3) is 0.769. The van der Waals surface area contributed by atoms with Crippen molar-refractivity contribution in [3.8, 4) is 0 Å². The monoisotopic (exact) mass is 266 g/mol. The highest BCUT2D eigenvalue weighted by molar-refractivity contribution is 5.74. The van der Waals surface area contributed by atoms with Crippen molar-refractivity contribution in [3.05, 3.63) is 11.7 Å². The van der Waals surface area contributed by atoms with Crippen molar-refractivity contribution in [3.63, 3.8) is 0 Å². The second kappa shape index (κ2) is 6.54. The zero-order valence-corrected chi connectivity index (χ0v) is 11.7. The van der Waals surface area contributed by atoms with Crippen molar-refractivity contribution in [2.24, 2.45) is 0 Å². The standard InChI is InChI=1S/C13H22N4O2/c1-10-15-12(19-16-10)8-9-14-13(18)17(2)11-6-4-3-5-7-11/h11H,3-9H2,1-2H3,(H,14,18). The molecule has 1 saturated carbocycles. The van der Waals surface area contributed by atoms with Crippen LogP contribution in [0.4, 0.5) is 4.79 Å². The van der Waals surface area contributed by atoms with Gasteiger partial charge in [-0.3, -0.25) is 0 Å². The lowest BCUT2D eigenvalue weighted by Gasteiger charge is -2.31. The quantitative estimate of drug-likeness (QED) is 0.903. The molecule has 1 heterocycles. The minimum atomic E-state index is -0.0110. The lowest BCUT2D eigenvalue weighted by Crippen LogP contribution is -2.44. The van der Waals surface area contributed by atoms with Gasteiger partial charge >= 0.3 is 6.03 Å². The van der Waals surface area contributed by atoms with E-state index >= 15 is 0 Å². The minimum absolute atomic E-state index is 0.0110. The van der Waals surface area contributed by atoms with E-state index in [0.717, 1.165) is 12.8 Å². The second-order valence-electron chi connectivity index (χ2n) is 5.12. The predicted octanol–water partition coefficient (Wildman–Crippen LogP) is 1.89. The maximum Gasteiger partial charge on any atom is 0.317 e. The van der Waals surface area contributed by atoms with Crippen molar-refractivity contribution in [1.29, 1.82) is 0 Å². The molecule has 106 valence electrons. The van der Waals surface area contributed by atoms with Gasteiger partial charge < -0.3 is 14.7 Å². The molecule has 0 aliphatic heterocycles. The Morgan fingerprint density at radius 1 is 1.42 bits per heavy atom. The lowest BCUT2D eigenvalue weighted by molar-refractivity contribution is 0.173. The third kappa shape index (κ3) is 3.94. The third-order valence-corrected chi connectivity index (χ3v) is 3.63. The number of carbonyl (C=O) groups excluding carboxylic acids is 1. The van der Waals surface area contributed by atoms with Crippen LogP contribution in [0.2, 0.25) is 0 Å². The highest BCUT2D eigenvalue weighted by Gasteiger charge is 2.21. The molecule has 1 aliphatic carbocycles. The SMILES string of the molecule is Cc1noc(CCNC(=O)N(C)C2CCCCC2)n1. The Bertz CT molecular complexity index is 413. The van der Waals surface area contributed by atoms with Gasteiger partial charge in [0.25, 0.3) is 0 Å². The summed E-state index contributed by atoms with van der Waals surface area (Å²) in [5.41, 5.74) is 0. The fourth-order valence-corrected chi connectivity index (χ4v) is 2.48. The molecule has 0 aromatic carbocycles. The summed E-state index contributed by atoms with van der Waals surface area (Å²) < 4.78 is 5.00. The largest absolute Gasteiger partial charge is 0.339 e. The second-order valence-corrected chi connectivity index (χ2v) is 5.12. The molecule has 1 aliphatic rings. The molecule has 0 saturated heterocycles. The van der Waals surface area contributed by atoms with Crippen molar-refractivity contribution < 1.29 is 9.32 Å². The molecule has 6 heteroatoms. The van der Waals surface area contributed by atoms with E-state index < -0.39 is 0 Å². The van der Waals surface area contributed by atoms with E-state index in [-0.39, 0.29) is 6.03 Å². The molecule has 2 amide bonds. The van der Waals surface area contributed by atoms with Gasteiger partial charge in [0.2, 0.25) is 5.89 Å². The molecular formula is C13H22N4O2. The summed E-state index contributed by atoms with van der Waals surface area (Å²) in [7, 11) is 1.88. The third-order valence-electron chi connectivity index (χ3n) is 3.63. The molecule has 0 spiro atoms. The van der Waals surface area contributed by atoms with Crippen molar-refractivity contribution in [2.45, 2.75) is 51.5 Å². The smallest absolute Gasteiger partial charge is 0.317 e. The van der Waals surface area contributed by atoms with E-state index in [1.54, 1.807) is 6.92 Å². The van der Waals surface area contributed by atoms with E-state index in [4.69, 9.17) is 4.52 Å². The molecular weight excluding hydrogens is 244 g/mol. The van der Waals surface area contributed by atoms with Crippen LogP contribution >= 0.6 is 0 Å². The van der Waals surface area contributed by atoms with Crippen LogP contribution in [0, 0.1) is 6.92 Å². The van der Waals surface area contributed by atoms with Crippen LogP contribution in [0.1, 0.15) is 43.8 Å². The number of nitrogens with zero attached hydrogens (tertiary/aromatic N) is 3. The summed E-state index contributed by atoms with van der Waals surface area (Å²) in [5.74, 6) is 1.19. The molecule has 0 unspecified atom stereocenters. The molecule has 19 heavy (non-hydrogen) atoms. The fourth-order valence-electron chi connectivity index (χ4n) is 2.48. The van der Waals surface area contributed by atoms with Gasteiger partial charge in [-0.05, 0) is 19.8 Å². The number of aromatic nitrogens is 2. The highest BCUT2D eigenvalue weighted by atomic mass is 16.5. The van der Waals surface area contributed by atoms with Crippen LogP contribution in [0.25, 0.3) is 0 Å². The first kappa shape index (κ1) is 13.8. The van der Waals surface area contributed by atoms with Gasteiger partial charge in [-0.15, -0.1) is 0 Å². The molecule has 6 nitrogen and oxygen atoms in total. The Labute approximate surface area is 113 Å². The normalized spacial score (nSPS) is 16.3. The van der Waals surface area contributed by atoms with Gasteiger partial charge in [0.05, 0.1) is 0 Å². The number of rotatable bonds is 4.